The van der Waals surface area contributed by atoms with Crippen LogP contribution in [0.5, 0.6) is 0 Å². The Morgan fingerprint density at radius 3 is 2.41 bits per heavy atom. The molecule has 0 bridgehead atoms. The number of anilines is 1. The third kappa shape index (κ3) is 2.89. The van der Waals surface area contributed by atoms with Crippen LogP contribution >= 0.6 is 11.3 Å². The summed E-state index contributed by atoms with van der Waals surface area (Å²) in [6, 6.07) is 10.9. The topological polar surface area (TPSA) is 84.2 Å². The minimum Gasteiger partial charge on any atom is -0.476 e. The minimum absolute atomic E-state index is 0.0803. The van der Waals surface area contributed by atoms with Gasteiger partial charge in [0.05, 0.1) is 0 Å². The van der Waals surface area contributed by atoms with E-state index in [4.69, 9.17) is 5.11 Å². The highest BCUT2D eigenvalue weighted by atomic mass is 32.1. The summed E-state index contributed by atoms with van der Waals surface area (Å²) in [7, 11) is 0. The molecule has 3 rings (SSSR count). The smallest absolute Gasteiger partial charge is 0.355 e. The van der Waals surface area contributed by atoms with Gasteiger partial charge in [0.25, 0.3) is 5.91 Å². The van der Waals surface area contributed by atoms with Gasteiger partial charge in [-0.3, -0.25) is 10.1 Å². The van der Waals surface area contributed by atoms with E-state index in [-0.39, 0.29) is 16.7 Å². The Bertz CT molecular complexity index is 807. The lowest BCUT2D eigenvalue weighted by molar-refractivity contribution is 0.0691. The van der Waals surface area contributed by atoms with E-state index >= 15 is 0 Å². The van der Waals surface area contributed by atoms with Gasteiger partial charge < -0.3 is 9.67 Å². The fraction of sp³-hybridized carbons (Fsp3) is 0. The van der Waals surface area contributed by atoms with Crippen molar-refractivity contribution >= 4 is 28.3 Å². The van der Waals surface area contributed by atoms with Crippen molar-refractivity contribution in [2.24, 2.45) is 0 Å². The third-order valence-electron chi connectivity index (χ3n) is 2.98. The molecule has 22 heavy (non-hydrogen) atoms. The van der Waals surface area contributed by atoms with Crippen LogP contribution in [0, 0.1) is 0 Å². The van der Waals surface area contributed by atoms with Crippen molar-refractivity contribution in [3.8, 4) is 5.69 Å². The first kappa shape index (κ1) is 14.0. The fourth-order valence-electron chi connectivity index (χ4n) is 1.89. The normalized spacial score (nSPS) is 10.4. The molecule has 7 heteroatoms. The van der Waals surface area contributed by atoms with Gasteiger partial charge >= 0.3 is 5.97 Å². The summed E-state index contributed by atoms with van der Waals surface area (Å²) in [6.07, 6.45) is 3.83. The lowest BCUT2D eigenvalue weighted by Crippen LogP contribution is -2.12. The Balaban J connectivity index is 1.73. The van der Waals surface area contributed by atoms with Crippen molar-refractivity contribution in [3.63, 3.8) is 0 Å². The van der Waals surface area contributed by atoms with Crippen molar-refractivity contribution in [2.45, 2.75) is 0 Å². The van der Waals surface area contributed by atoms with Crippen LogP contribution in [0.1, 0.15) is 20.8 Å². The minimum atomic E-state index is -1.12. The van der Waals surface area contributed by atoms with Gasteiger partial charge in [0, 0.05) is 29.0 Å². The molecule has 0 aliphatic heterocycles. The highest BCUT2D eigenvalue weighted by Gasteiger charge is 2.12. The van der Waals surface area contributed by atoms with Crippen LogP contribution in [0.2, 0.25) is 0 Å². The molecule has 0 saturated heterocycles. The monoisotopic (exact) mass is 313 g/mol. The van der Waals surface area contributed by atoms with Crippen LogP contribution in [-0.4, -0.2) is 26.5 Å². The molecule has 0 aliphatic rings. The number of hydrogen-bond donors (Lipinski definition) is 2. The van der Waals surface area contributed by atoms with E-state index in [1.165, 1.54) is 5.38 Å². The van der Waals surface area contributed by atoms with Gasteiger partial charge in [-0.05, 0) is 36.4 Å². The van der Waals surface area contributed by atoms with Crippen molar-refractivity contribution < 1.29 is 14.7 Å². The number of nitrogens with zero attached hydrogens (tertiary/aromatic N) is 2. The van der Waals surface area contributed by atoms with E-state index in [0.29, 0.717) is 5.56 Å². The first-order valence-electron chi connectivity index (χ1n) is 6.37. The van der Waals surface area contributed by atoms with Crippen LogP contribution < -0.4 is 5.32 Å². The molecule has 2 aromatic heterocycles. The van der Waals surface area contributed by atoms with Crippen LogP contribution in [0.25, 0.3) is 5.69 Å². The van der Waals surface area contributed by atoms with Gasteiger partial charge in [0.15, 0.2) is 10.8 Å². The number of benzene rings is 1. The number of aromatic carboxylic acids is 1. The molecule has 3 aromatic rings. The zero-order valence-corrected chi connectivity index (χ0v) is 12.1. The van der Waals surface area contributed by atoms with Crippen molar-refractivity contribution in [2.75, 3.05) is 5.32 Å². The molecular formula is C15H11N3O3S. The number of amides is 1. The molecule has 0 fully saturated rings. The van der Waals surface area contributed by atoms with E-state index in [2.05, 4.69) is 10.3 Å². The Hall–Kier alpha value is -2.93. The molecule has 1 aromatic carbocycles. The Kier molecular flexibility index (Phi) is 3.71. The summed E-state index contributed by atoms with van der Waals surface area (Å²) in [5, 5.41) is 13.0. The average molecular weight is 313 g/mol. The second-order valence-corrected chi connectivity index (χ2v) is 5.29. The van der Waals surface area contributed by atoms with E-state index in [1.807, 2.05) is 41.2 Å². The molecule has 0 unspecified atom stereocenters. The maximum Gasteiger partial charge on any atom is 0.355 e. The SMILES string of the molecule is O=C(Nc1nc(C(=O)O)cs1)c1ccc(-n2cccc2)cc1. The van der Waals surface area contributed by atoms with Gasteiger partial charge in [0.2, 0.25) is 0 Å². The summed E-state index contributed by atoms with van der Waals surface area (Å²) in [4.78, 5) is 26.7. The van der Waals surface area contributed by atoms with Crippen molar-refractivity contribution in [3.05, 3.63) is 65.4 Å². The standard InChI is InChI=1S/C15H11N3O3S/c19-13(17-15-16-12(9-22-15)14(20)21)10-3-5-11(6-4-10)18-7-1-2-8-18/h1-9H,(H,20,21)(H,16,17,19). The van der Waals surface area contributed by atoms with Crippen LogP contribution in [-0.2, 0) is 0 Å². The van der Waals surface area contributed by atoms with E-state index in [0.717, 1.165) is 17.0 Å². The summed E-state index contributed by atoms with van der Waals surface area (Å²) in [5.41, 5.74) is 1.34. The molecule has 0 saturated carbocycles. The van der Waals surface area contributed by atoms with Gasteiger partial charge in [-0.15, -0.1) is 11.3 Å². The quantitative estimate of drug-likeness (QED) is 0.775. The predicted molar refractivity (Wildman–Crippen MR) is 82.8 cm³/mol. The number of rotatable bonds is 4. The maximum absolute atomic E-state index is 12.1. The zero-order valence-electron chi connectivity index (χ0n) is 11.3. The number of carboxylic acid groups (broad SMARTS) is 1. The summed E-state index contributed by atoms with van der Waals surface area (Å²) < 4.78 is 1.93. The first-order valence-corrected chi connectivity index (χ1v) is 7.25. The molecule has 0 spiro atoms. The zero-order chi connectivity index (χ0) is 15.5. The van der Waals surface area contributed by atoms with Gasteiger partial charge in [-0.1, -0.05) is 0 Å². The van der Waals surface area contributed by atoms with Crippen molar-refractivity contribution in [1.82, 2.24) is 9.55 Å². The van der Waals surface area contributed by atoms with Crippen LogP contribution in [0.4, 0.5) is 5.13 Å². The Labute approximate surface area is 129 Å². The number of hydrogen-bond acceptors (Lipinski definition) is 4. The molecule has 110 valence electrons. The lowest BCUT2D eigenvalue weighted by atomic mass is 10.2. The van der Waals surface area contributed by atoms with E-state index in [9.17, 15) is 9.59 Å². The van der Waals surface area contributed by atoms with Gasteiger partial charge in [0.1, 0.15) is 0 Å². The van der Waals surface area contributed by atoms with Crippen LogP contribution in [0.15, 0.2) is 54.2 Å². The average Bonchev–Trinajstić information content (AvgIpc) is 3.19. The molecule has 0 aliphatic carbocycles. The molecule has 0 atom stereocenters. The number of carbonyl (C=O) groups excluding carboxylic acids is 1. The van der Waals surface area contributed by atoms with Crippen LogP contribution in [0.3, 0.4) is 0 Å². The molecule has 1 amide bonds. The van der Waals surface area contributed by atoms with E-state index in [1.54, 1.807) is 12.1 Å². The number of carbonyl (C=O) groups is 2. The molecular weight excluding hydrogens is 302 g/mol. The second-order valence-electron chi connectivity index (χ2n) is 4.43. The Morgan fingerprint density at radius 1 is 1.14 bits per heavy atom. The number of aromatic nitrogens is 2. The third-order valence-corrected chi connectivity index (χ3v) is 3.73. The summed E-state index contributed by atoms with van der Waals surface area (Å²) in [6.45, 7) is 0. The number of carboxylic acids is 1. The number of nitrogens with one attached hydrogen (secondary N) is 1. The summed E-state index contributed by atoms with van der Waals surface area (Å²) in [5.74, 6) is -1.45. The highest BCUT2D eigenvalue weighted by molar-refractivity contribution is 7.14. The number of thiazole rings is 1. The molecule has 6 nitrogen and oxygen atoms in total. The molecule has 0 radical (unpaired) electrons. The highest BCUT2D eigenvalue weighted by Crippen LogP contribution is 2.17. The van der Waals surface area contributed by atoms with Gasteiger partial charge in [-0.2, -0.15) is 0 Å². The molecule has 2 heterocycles. The van der Waals surface area contributed by atoms with E-state index < -0.39 is 5.97 Å². The van der Waals surface area contributed by atoms with Crippen molar-refractivity contribution in [1.29, 1.82) is 0 Å². The summed E-state index contributed by atoms with van der Waals surface area (Å²) >= 11 is 1.07. The largest absolute Gasteiger partial charge is 0.476 e. The lowest BCUT2D eigenvalue weighted by Gasteiger charge is -2.05. The molecule has 2 N–H and O–H groups in total. The Morgan fingerprint density at radius 2 is 1.82 bits per heavy atom. The maximum atomic E-state index is 12.1. The fourth-order valence-corrected chi connectivity index (χ4v) is 2.57. The predicted octanol–water partition coefficient (Wildman–Crippen LogP) is 2.88. The van der Waals surface area contributed by atoms with Gasteiger partial charge in [-0.25, -0.2) is 9.78 Å². The second kappa shape index (κ2) is 5.82. The first-order chi connectivity index (χ1) is 10.6.